The Bertz CT molecular complexity index is 184. The minimum Gasteiger partial charge on any atom is -0.319 e. The average molecular weight is 241 g/mol. The third kappa shape index (κ3) is 5.11. The Morgan fingerprint density at radius 2 is 1.93 bits per heavy atom. The lowest BCUT2D eigenvalue weighted by Crippen LogP contribution is -2.22. The number of hydrogen-bond donors (Lipinski definition) is 1. The zero-order chi connectivity index (χ0) is 11.3. The second kappa shape index (κ2) is 5.99. The highest BCUT2D eigenvalue weighted by Crippen LogP contribution is 2.37. The van der Waals surface area contributed by atoms with E-state index in [1.807, 2.05) is 7.05 Å². The van der Waals surface area contributed by atoms with Gasteiger partial charge >= 0.3 is 5.51 Å². The Balaban J connectivity index is 2.20. The van der Waals surface area contributed by atoms with Gasteiger partial charge in [-0.05, 0) is 38.3 Å². The molecule has 2 atom stereocenters. The molecule has 1 saturated carbocycles. The van der Waals surface area contributed by atoms with Gasteiger partial charge in [-0.25, -0.2) is 0 Å². The summed E-state index contributed by atoms with van der Waals surface area (Å²) in [6, 6.07) is 0. The van der Waals surface area contributed by atoms with Crippen molar-refractivity contribution in [2.24, 2.45) is 11.8 Å². The minimum atomic E-state index is -4.06. The van der Waals surface area contributed by atoms with E-state index in [4.69, 9.17) is 0 Å². The van der Waals surface area contributed by atoms with Gasteiger partial charge < -0.3 is 5.32 Å². The molecule has 0 saturated heterocycles. The van der Waals surface area contributed by atoms with E-state index in [-0.39, 0.29) is 17.5 Å². The Morgan fingerprint density at radius 1 is 1.27 bits per heavy atom. The fourth-order valence-electron chi connectivity index (χ4n) is 2.35. The summed E-state index contributed by atoms with van der Waals surface area (Å²) in [5, 5.41) is 3.12. The van der Waals surface area contributed by atoms with Crippen molar-refractivity contribution in [1.29, 1.82) is 0 Å². The molecule has 0 radical (unpaired) electrons. The van der Waals surface area contributed by atoms with Gasteiger partial charge in [0.05, 0.1) is 0 Å². The van der Waals surface area contributed by atoms with Crippen LogP contribution in [0.15, 0.2) is 0 Å². The summed E-state index contributed by atoms with van der Waals surface area (Å²) < 4.78 is 35.8. The Kier molecular flexibility index (Phi) is 5.26. The van der Waals surface area contributed by atoms with Gasteiger partial charge in [0.1, 0.15) is 0 Å². The first-order valence-electron chi connectivity index (χ1n) is 5.38. The molecule has 0 aromatic heterocycles. The molecular formula is C10H18F3NS. The van der Waals surface area contributed by atoms with Gasteiger partial charge in [-0.3, -0.25) is 0 Å². The van der Waals surface area contributed by atoms with Crippen molar-refractivity contribution in [2.75, 3.05) is 19.3 Å². The molecule has 1 rings (SSSR count). The zero-order valence-corrected chi connectivity index (χ0v) is 9.76. The monoisotopic (exact) mass is 241 g/mol. The molecule has 0 aromatic carbocycles. The molecule has 1 nitrogen and oxygen atoms in total. The van der Waals surface area contributed by atoms with E-state index in [1.54, 1.807) is 0 Å². The van der Waals surface area contributed by atoms with Gasteiger partial charge in [-0.15, -0.1) is 0 Å². The fraction of sp³-hybridized carbons (Fsp3) is 1.00. The number of halogens is 3. The molecule has 5 heteroatoms. The van der Waals surface area contributed by atoms with Crippen LogP contribution in [-0.4, -0.2) is 24.9 Å². The van der Waals surface area contributed by atoms with Crippen LogP contribution in [-0.2, 0) is 0 Å². The van der Waals surface area contributed by atoms with E-state index in [2.05, 4.69) is 5.32 Å². The lowest BCUT2D eigenvalue weighted by atomic mass is 9.94. The van der Waals surface area contributed by atoms with Crippen LogP contribution in [0.4, 0.5) is 13.2 Å². The molecule has 2 unspecified atom stereocenters. The predicted molar refractivity (Wildman–Crippen MR) is 57.9 cm³/mol. The van der Waals surface area contributed by atoms with Crippen molar-refractivity contribution in [1.82, 2.24) is 5.32 Å². The Labute approximate surface area is 93.2 Å². The maximum Gasteiger partial charge on any atom is 0.441 e. The SMILES string of the molecule is CNCC1CCCC1CCSC(F)(F)F. The largest absolute Gasteiger partial charge is 0.441 e. The van der Waals surface area contributed by atoms with Crippen molar-refractivity contribution in [3.8, 4) is 0 Å². The van der Waals surface area contributed by atoms with Crippen molar-refractivity contribution in [3.05, 3.63) is 0 Å². The topological polar surface area (TPSA) is 12.0 Å². The maximum absolute atomic E-state index is 11.9. The van der Waals surface area contributed by atoms with E-state index in [0.717, 1.165) is 13.0 Å². The van der Waals surface area contributed by atoms with Crippen LogP contribution in [0, 0.1) is 11.8 Å². The van der Waals surface area contributed by atoms with Gasteiger partial charge in [0.15, 0.2) is 0 Å². The molecule has 1 aliphatic carbocycles. The van der Waals surface area contributed by atoms with Crippen LogP contribution in [0.2, 0.25) is 0 Å². The van der Waals surface area contributed by atoms with Gasteiger partial charge in [0, 0.05) is 5.75 Å². The highest BCUT2D eigenvalue weighted by Gasteiger charge is 2.30. The first-order chi connectivity index (χ1) is 7.03. The summed E-state index contributed by atoms with van der Waals surface area (Å²) in [6.45, 7) is 0.946. The van der Waals surface area contributed by atoms with E-state index < -0.39 is 5.51 Å². The quantitative estimate of drug-likeness (QED) is 0.793. The summed E-state index contributed by atoms with van der Waals surface area (Å²) in [4.78, 5) is 0. The van der Waals surface area contributed by atoms with Crippen molar-refractivity contribution < 1.29 is 13.2 Å². The third-order valence-electron chi connectivity index (χ3n) is 3.04. The van der Waals surface area contributed by atoms with Crippen molar-refractivity contribution >= 4 is 11.8 Å². The Morgan fingerprint density at radius 3 is 2.53 bits per heavy atom. The summed E-state index contributed by atoms with van der Waals surface area (Å²) in [7, 11) is 1.90. The summed E-state index contributed by atoms with van der Waals surface area (Å²) >= 11 is 0.120. The summed E-state index contributed by atoms with van der Waals surface area (Å²) in [5.74, 6) is 1.30. The molecule has 0 amide bonds. The molecule has 15 heavy (non-hydrogen) atoms. The van der Waals surface area contributed by atoms with Crippen LogP contribution >= 0.6 is 11.8 Å². The van der Waals surface area contributed by atoms with Crippen molar-refractivity contribution in [3.63, 3.8) is 0 Å². The van der Waals surface area contributed by atoms with E-state index in [0.29, 0.717) is 18.3 Å². The summed E-state index contributed by atoms with van der Waals surface area (Å²) in [6.07, 6.45) is 4.15. The van der Waals surface area contributed by atoms with Gasteiger partial charge in [-0.2, -0.15) is 13.2 Å². The summed E-state index contributed by atoms with van der Waals surface area (Å²) in [5.41, 5.74) is -4.06. The number of hydrogen-bond acceptors (Lipinski definition) is 2. The third-order valence-corrected chi connectivity index (χ3v) is 3.80. The zero-order valence-electron chi connectivity index (χ0n) is 8.94. The first kappa shape index (κ1) is 13.2. The highest BCUT2D eigenvalue weighted by molar-refractivity contribution is 8.00. The number of rotatable bonds is 5. The van der Waals surface area contributed by atoms with E-state index >= 15 is 0 Å². The van der Waals surface area contributed by atoms with Crippen LogP contribution in [0.3, 0.4) is 0 Å². The second-order valence-electron chi connectivity index (χ2n) is 4.09. The Hall–Kier alpha value is 0.100. The molecule has 1 aliphatic rings. The van der Waals surface area contributed by atoms with Crippen LogP contribution < -0.4 is 5.32 Å². The maximum atomic E-state index is 11.9. The van der Waals surface area contributed by atoms with Gasteiger partial charge in [0.25, 0.3) is 0 Å². The lowest BCUT2D eigenvalue weighted by molar-refractivity contribution is -0.0328. The van der Waals surface area contributed by atoms with Crippen LogP contribution in [0.25, 0.3) is 0 Å². The molecule has 0 aliphatic heterocycles. The van der Waals surface area contributed by atoms with Crippen LogP contribution in [0.1, 0.15) is 25.7 Å². The average Bonchev–Trinajstić information content (AvgIpc) is 2.51. The fourth-order valence-corrected chi connectivity index (χ4v) is 3.00. The molecule has 90 valence electrons. The lowest BCUT2D eigenvalue weighted by Gasteiger charge is -2.19. The molecule has 0 bridgehead atoms. The minimum absolute atomic E-state index is 0.120. The normalized spacial score (nSPS) is 27.2. The second-order valence-corrected chi connectivity index (χ2v) is 5.25. The number of nitrogens with one attached hydrogen (secondary N) is 1. The van der Waals surface area contributed by atoms with Gasteiger partial charge in [-0.1, -0.05) is 24.6 Å². The standard InChI is InChI=1S/C10H18F3NS/c1-14-7-9-4-2-3-8(9)5-6-15-10(11,12)13/h8-9,14H,2-7H2,1H3. The van der Waals surface area contributed by atoms with E-state index in [1.165, 1.54) is 12.8 Å². The molecule has 1 N–H and O–H groups in total. The van der Waals surface area contributed by atoms with Crippen molar-refractivity contribution in [2.45, 2.75) is 31.2 Å². The molecule has 1 fully saturated rings. The van der Waals surface area contributed by atoms with Gasteiger partial charge in [0.2, 0.25) is 0 Å². The highest BCUT2D eigenvalue weighted by atomic mass is 32.2. The smallest absolute Gasteiger partial charge is 0.319 e. The van der Waals surface area contributed by atoms with E-state index in [9.17, 15) is 13.2 Å². The van der Waals surface area contributed by atoms with Crippen LogP contribution in [0.5, 0.6) is 0 Å². The molecule has 0 aromatic rings. The number of thioether (sulfide) groups is 1. The predicted octanol–water partition coefficient (Wildman–Crippen LogP) is 3.27. The molecule has 0 heterocycles. The number of alkyl halides is 3. The first-order valence-corrected chi connectivity index (χ1v) is 6.37. The molecular weight excluding hydrogens is 223 g/mol. The molecule has 0 spiro atoms.